The average molecular weight is 614 g/mol. The Kier molecular flexibility index (Phi) is 13.9. The van der Waals surface area contributed by atoms with Gasteiger partial charge < -0.3 is 9.47 Å². The van der Waals surface area contributed by atoms with Gasteiger partial charge in [0.25, 0.3) is 0 Å². The van der Waals surface area contributed by atoms with Gasteiger partial charge in [-0.2, -0.15) is 0 Å². The molecule has 0 amide bonds. The lowest BCUT2D eigenvalue weighted by Crippen LogP contribution is -2.33. The van der Waals surface area contributed by atoms with Crippen LogP contribution in [0, 0.1) is 5.82 Å². The van der Waals surface area contributed by atoms with Gasteiger partial charge in [0.1, 0.15) is 34.7 Å². The van der Waals surface area contributed by atoms with Crippen LogP contribution in [-0.2, 0) is 4.74 Å². The predicted octanol–water partition coefficient (Wildman–Crippen LogP) is 9.28. The molecule has 0 fully saturated rings. The van der Waals surface area contributed by atoms with E-state index in [0.717, 1.165) is 12.8 Å². The zero-order valence-electron chi connectivity index (χ0n) is 26.1. The lowest BCUT2D eigenvalue weighted by Gasteiger charge is -2.27. The smallest absolute Gasteiger partial charge is 0.340 e. The third-order valence-corrected chi connectivity index (χ3v) is 12.9. The molecular weight excluding hydrogens is 566 g/mol. The van der Waals surface area contributed by atoms with Crippen LogP contribution in [0.2, 0.25) is 0 Å². The summed E-state index contributed by atoms with van der Waals surface area (Å²) in [6.45, 7) is 0.555. The van der Waals surface area contributed by atoms with Crippen LogP contribution in [-0.4, -0.2) is 25.8 Å². The fourth-order valence-corrected chi connectivity index (χ4v) is 10.4. The van der Waals surface area contributed by atoms with Crippen molar-refractivity contribution in [3.63, 3.8) is 0 Å². The Balaban J connectivity index is 1.11. The first-order chi connectivity index (χ1) is 21.6. The summed E-state index contributed by atoms with van der Waals surface area (Å²) in [7, 11) is -0.465. The first kappa shape index (κ1) is 33.4. The molecule has 0 spiro atoms. The first-order valence-corrected chi connectivity index (χ1v) is 18.2. The van der Waals surface area contributed by atoms with E-state index in [4.69, 9.17) is 4.74 Å². The number of carbonyl (C=O) groups is 1. The number of esters is 1. The van der Waals surface area contributed by atoms with E-state index in [-0.39, 0.29) is 5.56 Å². The van der Waals surface area contributed by atoms with Crippen molar-refractivity contribution >= 4 is 29.1 Å². The van der Waals surface area contributed by atoms with Crippen LogP contribution in [0.15, 0.2) is 109 Å². The average Bonchev–Trinajstić information content (AvgIpc) is 3.07. The second kappa shape index (κ2) is 18.3. The van der Waals surface area contributed by atoms with Gasteiger partial charge in [-0.05, 0) is 67.8 Å². The Bertz CT molecular complexity index is 1280. The highest BCUT2D eigenvalue weighted by Crippen LogP contribution is 2.56. The maximum atomic E-state index is 14.0. The lowest BCUT2D eigenvalue weighted by molar-refractivity contribution is 0.0595. The summed E-state index contributed by atoms with van der Waals surface area (Å²) in [6, 6.07) is 37.9. The summed E-state index contributed by atoms with van der Waals surface area (Å²) in [5.41, 5.74) is -0.0719. The predicted molar refractivity (Wildman–Crippen MR) is 184 cm³/mol. The van der Waals surface area contributed by atoms with Crippen LogP contribution >= 0.6 is 7.26 Å². The molecule has 4 aromatic rings. The van der Waals surface area contributed by atoms with E-state index >= 15 is 0 Å². The summed E-state index contributed by atoms with van der Waals surface area (Å²) in [4.78, 5) is 11.5. The molecule has 3 nitrogen and oxygen atoms in total. The van der Waals surface area contributed by atoms with Crippen LogP contribution in [0.5, 0.6) is 5.75 Å². The molecule has 0 heterocycles. The van der Waals surface area contributed by atoms with Crippen LogP contribution in [0.4, 0.5) is 4.39 Å². The van der Waals surface area contributed by atoms with Crippen molar-refractivity contribution in [1.82, 2.24) is 0 Å². The second-order valence-corrected chi connectivity index (χ2v) is 15.0. The highest BCUT2D eigenvalue weighted by atomic mass is 31.2. The molecule has 0 saturated carbocycles. The standard InChI is InChI=1S/C39H47FO3P/c1-42-39(41)37-29-28-33(32-38(37)40)43-30-20-9-7-5-3-2-4-6-8-10-21-31-44(34-22-14-11-15-23-34,35-24-16-12-17-25-35)36-26-18-13-19-27-36/h11-19,22-29,32H,2-10,20-21,30-31H2,1H3/q+1. The second-order valence-electron chi connectivity index (χ2n) is 11.4. The first-order valence-electron chi connectivity index (χ1n) is 16.2. The van der Waals surface area contributed by atoms with Gasteiger partial charge in [0, 0.05) is 6.07 Å². The minimum atomic E-state index is -1.70. The maximum absolute atomic E-state index is 14.0. The van der Waals surface area contributed by atoms with E-state index in [0.29, 0.717) is 12.4 Å². The largest absolute Gasteiger partial charge is 0.493 e. The van der Waals surface area contributed by atoms with E-state index in [1.807, 2.05) is 0 Å². The molecule has 0 aromatic heterocycles. The Labute approximate surface area is 264 Å². The molecule has 5 heteroatoms. The Hall–Kier alpha value is -3.49. The topological polar surface area (TPSA) is 35.5 Å². The number of carbonyl (C=O) groups excluding carboxylic acids is 1. The van der Waals surface area contributed by atoms with Crippen molar-refractivity contribution in [2.45, 2.75) is 70.6 Å². The van der Waals surface area contributed by atoms with Gasteiger partial charge in [-0.1, -0.05) is 106 Å². The van der Waals surface area contributed by atoms with Crippen molar-refractivity contribution in [2.75, 3.05) is 19.9 Å². The normalized spacial score (nSPS) is 11.3. The van der Waals surface area contributed by atoms with Gasteiger partial charge in [-0.15, -0.1) is 0 Å². The summed E-state index contributed by atoms with van der Waals surface area (Å²) in [5, 5.41) is 4.44. The zero-order valence-corrected chi connectivity index (χ0v) is 27.0. The number of unbranched alkanes of at least 4 members (excludes halogenated alkanes) is 10. The van der Waals surface area contributed by atoms with Crippen LogP contribution in [0.3, 0.4) is 0 Å². The van der Waals surface area contributed by atoms with Crippen molar-refractivity contribution < 1.29 is 18.7 Å². The molecule has 0 atom stereocenters. The minimum absolute atomic E-state index is 0.0719. The SMILES string of the molecule is COC(=O)c1ccc(OCCCCCCCCCCCCC[P+](c2ccccc2)(c2ccccc2)c2ccccc2)cc1F. The number of ether oxygens (including phenoxy) is 2. The van der Waals surface area contributed by atoms with E-state index in [1.54, 1.807) is 6.07 Å². The molecule has 4 rings (SSSR count). The Morgan fingerprint density at radius 1 is 0.591 bits per heavy atom. The Morgan fingerprint density at radius 3 is 1.45 bits per heavy atom. The van der Waals surface area contributed by atoms with Gasteiger partial charge >= 0.3 is 5.97 Å². The summed E-state index contributed by atoms with van der Waals surface area (Å²) < 4.78 is 24.2. The molecule has 0 N–H and O–H groups in total. The molecule has 0 aliphatic carbocycles. The minimum Gasteiger partial charge on any atom is -0.493 e. The highest BCUT2D eigenvalue weighted by Gasteiger charge is 2.44. The van der Waals surface area contributed by atoms with E-state index in [2.05, 4.69) is 95.7 Å². The number of hydrogen-bond donors (Lipinski definition) is 0. The molecule has 4 aromatic carbocycles. The summed E-state index contributed by atoms with van der Waals surface area (Å²) in [6.07, 6.45) is 14.8. The molecule has 0 unspecified atom stereocenters. The molecule has 0 bridgehead atoms. The van der Waals surface area contributed by atoms with E-state index < -0.39 is 19.0 Å². The van der Waals surface area contributed by atoms with Crippen LogP contribution in [0.25, 0.3) is 0 Å². The summed E-state index contributed by atoms with van der Waals surface area (Å²) in [5.74, 6) is -0.846. The molecule has 0 aliphatic rings. The van der Waals surface area contributed by atoms with E-state index in [9.17, 15) is 9.18 Å². The fraction of sp³-hybridized carbons (Fsp3) is 0.359. The van der Waals surface area contributed by atoms with Crippen molar-refractivity contribution in [3.05, 3.63) is 121 Å². The molecule has 44 heavy (non-hydrogen) atoms. The Morgan fingerprint density at radius 2 is 1.02 bits per heavy atom. The number of hydrogen-bond acceptors (Lipinski definition) is 3. The molecule has 0 saturated heterocycles. The van der Waals surface area contributed by atoms with E-state index in [1.165, 1.54) is 99.1 Å². The molecule has 0 aliphatic heterocycles. The highest BCUT2D eigenvalue weighted by molar-refractivity contribution is 7.95. The molecular formula is C39H47FO3P+. The summed E-state index contributed by atoms with van der Waals surface area (Å²) >= 11 is 0. The van der Waals surface area contributed by atoms with Crippen molar-refractivity contribution in [2.24, 2.45) is 0 Å². The molecule has 232 valence electrons. The number of rotatable bonds is 19. The molecule has 0 radical (unpaired) electrons. The third-order valence-electron chi connectivity index (χ3n) is 8.34. The fourth-order valence-electron chi connectivity index (χ4n) is 5.98. The van der Waals surface area contributed by atoms with Crippen LogP contribution < -0.4 is 20.7 Å². The number of halogens is 1. The van der Waals surface area contributed by atoms with Gasteiger partial charge in [-0.3, -0.25) is 0 Å². The van der Waals surface area contributed by atoms with Gasteiger partial charge in [0.2, 0.25) is 0 Å². The maximum Gasteiger partial charge on any atom is 0.340 e. The van der Waals surface area contributed by atoms with Crippen molar-refractivity contribution in [3.8, 4) is 5.75 Å². The van der Waals surface area contributed by atoms with Crippen molar-refractivity contribution in [1.29, 1.82) is 0 Å². The van der Waals surface area contributed by atoms with Gasteiger partial charge in [0.15, 0.2) is 0 Å². The monoisotopic (exact) mass is 613 g/mol. The third kappa shape index (κ3) is 9.50. The van der Waals surface area contributed by atoms with Gasteiger partial charge in [-0.25, -0.2) is 9.18 Å². The van der Waals surface area contributed by atoms with Crippen LogP contribution in [0.1, 0.15) is 81.0 Å². The number of methoxy groups -OCH3 is 1. The quantitative estimate of drug-likeness (QED) is 0.0601. The number of benzene rings is 4. The zero-order chi connectivity index (χ0) is 30.9. The van der Waals surface area contributed by atoms with Gasteiger partial charge in [0.05, 0.1) is 25.4 Å². The lowest BCUT2D eigenvalue weighted by atomic mass is 10.1.